The van der Waals surface area contributed by atoms with E-state index in [2.05, 4.69) is 5.32 Å². The van der Waals surface area contributed by atoms with Crippen LogP contribution < -0.4 is 10.1 Å². The maximum atomic E-state index is 14.4. The number of aliphatic hydroxyl groups excluding tert-OH is 1. The largest absolute Gasteiger partial charge is 0.493 e. The molecule has 0 aliphatic rings. The Labute approximate surface area is 151 Å². The Morgan fingerprint density at radius 1 is 1.40 bits per heavy atom. The van der Waals surface area contributed by atoms with Crippen molar-refractivity contribution in [2.75, 3.05) is 13.2 Å². The predicted octanol–water partition coefficient (Wildman–Crippen LogP) is 3.64. The lowest BCUT2D eigenvalue weighted by atomic mass is 10.0. The molecule has 0 bridgehead atoms. The highest BCUT2D eigenvalue weighted by Crippen LogP contribution is 2.36. The van der Waals surface area contributed by atoms with E-state index in [1.54, 1.807) is 27.7 Å². The van der Waals surface area contributed by atoms with E-state index in [0.29, 0.717) is 0 Å². The van der Waals surface area contributed by atoms with Crippen LogP contribution in [0.4, 0.5) is 9.18 Å². The minimum atomic E-state index is -1.48. The first-order valence-electron chi connectivity index (χ1n) is 7.78. The van der Waals surface area contributed by atoms with Crippen LogP contribution in [-0.2, 0) is 4.74 Å². The highest BCUT2D eigenvalue weighted by Gasteiger charge is 2.27. The van der Waals surface area contributed by atoms with Crippen molar-refractivity contribution < 1.29 is 28.6 Å². The number of aliphatic hydroxyl groups is 1. The van der Waals surface area contributed by atoms with Crippen LogP contribution in [0.3, 0.4) is 0 Å². The molecule has 2 N–H and O–H groups in total. The molecule has 1 amide bonds. The van der Waals surface area contributed by atoms with Gasteiger partial charge in [-0.15, -0.1) is 0 Å². The first-order chi connectivity index (χ1) is 11.5. The van der Waals surface area contributed by atoms with E-state index in [1.807, 2.05) is 0 Å². The Bertz CT molecular complexity index is 657. The third-order valence-corrected chi connectivity index (χ3v) is 3.32. The quantitative estimate of drug-likeness (QED) is 0.741. The second-order valence-electron chi connectivity index (χ2n) is 6.35. The number of nitrogens with one attached hydrogen (secondary N) is 1. The van der Waals surface area contributed by atoms with E-state index in [0.717, 1.165) is 6.07 Å². The molecule has 0 aliphatic heterocycles. The lowest BCUT2D eigenvalue weighted by Gasteiger charge is -2.22. The van der Waals surface area contributed by atoms with E-state index < -0.39 is 23.6 Å². The lowest BCUT2D eigenvalue weighted by Crippen LogP contribution is -2.35. The van der Waals surface area contributed by atoms with Gasteiger partial charge in [-0.2, -0.15) is 0 Å². The van der Waals surface area contributed by atoms with Crippen LogP contribution in [0.2, 0.25) is 5.02 Å². The number of carbonyl (C=O) groups excluding carboxylic acids is 2. The molecule has 0 saturated heterocycles. The van der Waals surface area contributed by atoms with E-state index in [1.165, 1.54) is 6.92 Å². The molecule has 0 heterocycles. The summed E-state index contributed by atoms with van der Waals surface area (Å²) < 4.78 is 24.8. The van der Waals surface area contributed by atoms with Crippen molar-refractivity contribution in [2.45, 2.75) is 46.3 Å². The fourth-order valence-corrected chi connectivity index (χ4v) is 2.30. The normalized spacial score (nSPS) is 12.5. The molecular weight excluding hydrogens is 353 g/mol. The molecule has 0 aromatic heterocycles. The maximum Gasteiger partial charge on any atom is 0.407 e. The molecule has 0 saturated carbocycles. The minimum absolute atomic E-state index is 0.0552. The van der Waals surface area contributed by atoms with Gasteiger partial charge in [0.25, 0.3) is 0 Å². The van der Waals surface area contributed by atoms with E-state index in [4.69, 9.17) is 21.1 Å². The molecule has 1 aromatic carbocycles. The number of hydrogen-bond donors (Lipinski definition) is 2. The molecule has 140 valence electrons. The summed E-state index contributed by atoms with van der Waals surface area (Å²) in [6.45, 7) is 7.81. The second-order valence-corrected chi connectivity index (χ2v) is 6.76. The zero-order valence-corrected chi connectivity index (χ0v) is 15.7. The summed E-state index contributed by atoms with van der Waals surface area (Å²) in [5.74, 6) is -1.39. The van der Waals surface area contributed by atoms with Crippen LogP contribution in [0, 0.1) is 5.82 Å². The van der Waals surface area contributed by atoms with Gasteiger partial charge in [0.2, 0.25) is 0 Å². The van der Waals surface area contributed by atoms with Gasteiger partial charge in [0.15, 0.2) is 11.6 Å². The Kier molecular flexibility index (Phi) is 7.19. The number of halogens is 2. The number of alkyl carbamates (subject to hydrolysis) is 1. The van der Waals surface area contributed by atoms with Gasteiger partial charge in [-0.1, -0.05) is 11.6 Å². The number of carbonyl (C=O) groups is 2. The van der Waals surface area contributed by atoms with Crippen LogP contribution in [-0.4, -0.2) is 35.7 Å². The molecule has 0 aliphatic carbocycles. The molecule has 1 atom stereocenters. The van der Waals surface area contributed by atoms with Crippen molar-refractivity contribution in [1.82, 2.24) is 5.32 Å². The average Bonchev–Trinajstić information content (AvgIpc) is 2.46. The zero-order chi connectivity index (χ0) is 19.4. The van der Waals surface area contributed by atoms with Gasteiger partial charge in [0.05, 0.1) is 29.3 Å². The molecule has 0 spiro atoms. The Morgan fingerprint density at radius 3 is 2.48 bits per heavy atom. The monoisotopic (exact) mass is 375 g/mol. The standard InChI is InChI=1S/C17H23ClFNO5/c1-6-24-15-10(9(2)21)7-11(18)14(19)13(15)12(22)8-20-16(23)25-17(3,4)5/h7,12,22H,6,8H2,1-5H3,(H,20,23)/t12-/m1/s1. The molecule has 1 aromatic rings. The van der Waals surface area contributed by atoms with Crippen molar-refractivity contribution in [3.63, 3.8) is 0 Å². The molecule has 1 rings (SSSR count). The molecule has 6 nitrogen and oxygen atoms in total. The van der Waals surface area contributed by atoms with Gasteiger partial charge in [0, 0.05) is 0 Å². The Balaban J connectivity index is 3.13. The lowest BCUT2D eigenvalue weighted by molar-refractivity contribution is 0.0488. The maximum absolute atomic E-state index is 14.4. The summed E-state index contributed by atoms with van der Waals surface area (Å²) in [4.78, 5) is 23.5. The zero-order valence-electron chi connectivity index (χ0n) is 14.9. The molecule has 0 unspecified atom stereocenters. The summed E-state index contributed by atoms with van der Waals surface area (Å²) >= 11 is 5.82. The van der Waals surface area contributed by atoms with Crippen LogP contribution in [0.25, 0.3) is 0 Å². The Morgan fingerprint density at radius 2 is 2.00 bits per heavy atom. The third kappa shape index (κ3) is 5.86. The first kappa shape index (κ1) is 21.2. The van der Waals surface area contributed by atoms with Gasteiger partial charge in [-0.25, -0.2) is 9.18 Å². The van der Waals surface area contributed by atoms with Crippen LogP contribution >= 0.6 is 11.6 Å². The third-order valence-electron chi connectivity index (χ3n) is 3.05. The summed E-state index contributed by atoms with van der Waals surface area (Å²) in [5.41, 5.74) is -0.940. The highest BCUT2D eigenvalue weighted by molar-refractivity contribution is 6.31. The number of ether oxygens (including phenoxy) is 2. The van der Waals surface area contributed by atoms with Crippen molar-refractivity contribution in [1.29, 1.82) is 0 Å². The number of ketones is 1. The van der Waals surface area contributed by atoms with Gasteiger partial charge < -0.3 is 19.9 Å². The highest BCUT2D eigenvalue weighted by atomic mass is 35.5. The second kappa shape index (κ2) is 8.49. The van der Waals surface area contributed by atoms with E-state index in [-0.39, 0.29) is 40.8 Å². The predicted molar refractivity (Wildman–Crippen MR) is 91.8 cm³/mol. The molecule has 25 heavy (non-hydrogen) atoms. The average molecular weight is 376 g/mol. The van der Waals surface area contributed by atoms with Gasteiger partial charge >= 0.3 is 6.09 Å². The van der Waals surface area contributed by atoms with Gasteiger partial charge in [0.1, 0.15) is 17.5 Å². The van der Waals surface area contributed by atoms with Crippen LogP contribution in [0.5, 0.6) is 5.75 Å². The number of hydrogen-bond acceptors (Lipinski definition) is 5. The van der Waals surface area contributed by atoms with Gasteiger partial charge in [-0.05, 0) is 40.7 Å². The van der Waals surface area contributed by atoms with Crippen molar-refractivity contribution >= 4 is 23.5 Å². The van der Waals surface area contributed by atoms with Crippen molar-refractivity contribution in [3.05, 3.63) is 28.0 Å². The number of rotatable bonds is 6. The molecule has 0 fully saturated rings. The van der Waals surface area contributed by atoms with Crippen molar-refractivity contribution in [3.8, 4) is 5.75 Å². The summed E-state index contributed by atoms with van der Waals surface area (Å²) in [5, 5.41) is 12.3. The Hall–Kier alpha value is -1.86. The van der Waals surface area contributed by atoms with Crippen LogP contribution in [0.1, 0.15) is 56.6 Å². The minimum Gasteiger partial charge on any atom is -0.493 e. The summed E-state index contributed by atoms with van der Waals surface area (Å²) in [6.07, 6.45) is -2.25. The fourth-order valence-electron chi connectivity index (χ4n) is 2.08. The fraction of sp³-hybridized carbons (Fsp3) is 0.529. The molecule has 8 heteroatoms. The number of amides is 1. The topological polar surface area (TPSA) is 84.9 Å². The van der Waals surface area contributed by atoms with E-state index in [9.17, 15) is 19.1 Å². The van der Waals surface area contributed by atoms with Crippen LogP contribution in [0.15, 0.2) is 6.07 Å². The first-order valence-corrected chi connectivity index (χ1v) is 8.16. The molecule has 0 radical (unpaired) electrons. The SMILES string of the molecule is CCOc1c(C(C)=O)cc(Cl)c(F)c1[C@H](O)CNC(=O)OC(C)(C)C. The van der Waals surface area contributed by atoms with Gasteiger partial charge in [-0.3, -0.25) is 4.79 Å². The smallest absolute Gasteiger partial charge is 0.407 e. The van der Waals surface area contributed by atoms with E-state index >= 15 is 0 Å². The summed E-state index contributed by atoms with van der Waals surface area (Å²) in [6, 6.07) is 1.15. The summed E-state index contributed by atoms with van der Waals surface area (Å²) in [7, 11) is 0. The number of benzene rings is 1. The number of Topliss-reactive ketones (excluding diaryl/α,β-unsaturated/α-hetero) is 1. The van der Waals surface area contributed by atoms with Crippen molar-refractivity contribution in [2.24, 2.45) is 0 Å². The molecular formula is C17H23ClFNO5.